The molecule has 0 bridgehead atoms. The normalized spacial score (nSPS) is 27.8. The molecule has 0 aromatic heterocycles. The highest BCUT2D eigenvalue weighted by Crippen LogP contribution is 2.38. The van der Waals surface area contributed by atoms with Crippen molar-refractivity contribution in [1.29, 1.82) is 0 Å². The number of ketones is 1. The molecule has 0 amide bonds. The van der Waals surface area contributed by atoms with Gasteiger partial charge >= 0.3 is 0 Å². The minimum absolute atomic E-state index is 0.142. The Hall–Kier alpha value is -0.460. The van der Waals surface area contributed by atoms with E-state index in [2.05, 4.69) is 0 Å². The Morgan fingerprint density at radius 3 is 2.53 bits per heavy atom. The molecule has 2 rings (SSSR count). The number of methoxy groups -OCH3 is 1. The molecule has 0 aromatic rings. The van der Waals surface area contributed by atoms with Gasteiger partial charge in [0.2, 0.25) is 10.0 Å². The van der Waals surface area contributed by atoms with Crippen molar-refractivity contribution < 1.29 is 17.9 Å². The number of Topliss-reactive ketones (excluding diaryl/α,β-unsaturated/α-hetero) is 1. The molecule has 1 aliphatic heterocycles. The molecule has 1 heterocycles. The lowest BCUT2D eigenvalue weighted by molar-refractivity contribution is -0.153. The van der Waals surface area contributed by atoms with E-state index in [1.165, 1.54) is 10.6 Å². The van der Waals surface area contributed by atoms with Gasteiger partial charge in [-0.15, -0.1) is 0 Å². The van der Waals surface area contributed by atoms with E-state index in [1.807, 2.05) is 0 Å². The summed E-state index contributed by atoms with van der Waals surface area (Å²) >= 11 is 0. The topological polar surface area (TPSA) is 63.7 Å². The summed E-state index contributed by atoms with van der Waals surface area (Å²) in [6.45, 7) is 1.06. The number of carbonyl (C=O) groups is 1. The highest BCUT2D eigenvalue weighted by atomic mass is 32.2. The van der Waals surface area contributed by atoms with Gasteiger partial charge in [-0.25, -0.2) is 12.7 Å². The molecule has 5 nitrogen and oxygen atoms in total. The highest BCUT2D eigenvalue weighted by molar-refractivity contribution is 7.88. The molecule has 2 fully saturated rings. The first-order valence-electron chi connectivity index (χ1n) is 6.91. The van der Waals surface area contributed by atoms with Crippen LogP contribution in [0.1, 0.15) is 38.5 Å². The first-order chi connectivity index (χ1) is 8.87. The van der Waals surface area contributed by atoms with Crippen LogP contribution < -0.4 is 0 Å². The SMILES string of the molecule is COC1(C(=O)CC2CCCN(S(C)(=O)=O)C2)CCC1. The molecule has 2 aliphatic rings. The van der Waals surface area contributed by atoms with Crippen molar-refractivity contribution in [3.8, 4) is 0 Å². The standard InChI is InChI=1S/C13H23NO4S/c1-18-13(6-4-7-13)12(15)9-11-5-3-8-14(10-11)19(2,16)17/h11H,3-10H2,1-2H3. The van der Waals surface area contributed by atoms with E-state index in [4.69, 9.17) is 4.74 Å². The predicted molar refractivity (Wildman–Crippen MR) is 72.4 cm³/mol. The Labute approximate surface area is 115 Å². The molecule has 0 aromatic carbocycles. The van der Waals surface area contributed by atoms with Gasteiger partial charge in [-0.05, 0) is 38.0 Å². The number of hydrogen-bond donors (Lipinski definition) is 0. The Balaban J connectivity index is 1.94. The minimum atomic E-state index is -3.14. The third kappa shape index (κ3) is 3.17. The van der Waals surface area contributed by atoms with Crippen LogP contribution in [0.25, 0.3) is 0 Å². The number of sulfonamides is 1. The van der Waals surface area contributed by atoms with Crippen molar-refractivity contribution in [2.75, 3.05) is 26.5 Å². The maximum Gasteiger partial charge on any atom is 0.211 e. The van der Waals surface area contributed by atoms with Crippen molar-refractivity contribution >= 4 is 15.8 Å². The van der Waals surface area contributed by atoms with Gasteiger partial charge < -0.3 is 4.74 Å². The summed E-state index contributed by atoms with van der Waals surface area (Å²) in [6, 6.07) is 0. The van der Waals surface area contributed by atoms with Gasteiger partial charge in [0.15, 0.2) is 5.78 Å². The molecule has 1 aliphatic carbocycles. The molecular formula is C13H23NO4S. The van der Waals surface area contributed by atoms with Crippen LogP contribution in [0.3, 0.4) is 0 Å². The quantitative estimate of drug-likeness (QED) is 0.762. The van der Waals surface area contributed by atoms with Crippen molar-refractivity contribution in [2.45, 2.75) is 44.1 Å². The van der Waals surface area contributed by atoms with E-state index in [0.717, 1.165) is 32.1 Å². The van der Waals surface area contributed by atoms with Gasteiger partial charge in [0.1, 0.15) is 5.60 Å². The van der Waals surface area contributed by atoms with Crippen LogP contribution in [0.4, 0.5) is 0 Å². The Morgan fingerprint density at radius 1 is 1.37 bits per heavy atom. The minimum Gasteiger partial charge on any atom is -0.370 e. The lowest BCUT2D eigenvalue weighted by atomic mass is 9.74. The first kappa shape index (κ1) is 14.9. The van der Waals surface area contributed by atoms with Crippen molar-refractivity contribution in [3.63, 3.8) is 0 Å². The zero-order chi connectivity index (χ0) is 14.1. The second-order valence-electron chi connectivity index (χ2n) is 5.81. The summed E-state index contributed by atoms with van der Waals surface area (Å²) in [7, 11) is -1.54. The summed E-state index contributed by atoms with van der Waals surface area (Å²) < 4.78 is 30.0. The van der Waals surface area contributed by atoms with Crippen LogP contribution in [0.5, 0.6) is 0 Å². The van der Waals surface area contributed by atoms with Gasteiger partial charge in [0.25, 0.3) is 0 Å². The molecule has 0 radical (unpaired) electrons. The maximum absolute atomic E-state index is 12.3. The molecule has 1 atom stereocenters. The van der Waals surface area contributed by atoms with Gasteiger partial charge in [-0.2, -0.15) is 0 Å². The number of ether oxygens (including phenoxy) is 1. The molecule has 6 heteroatoms. The van der Waals surface area contributed by atoms with Gasteiger partial charge in [-0.3, -0.25) is 4.79 Å². The monoisotopic (exact) mass is 289 g/mol. The fraction of sp³-hybridized carbons (Fsp3) is 0.923. The second-order valence-corrected chi connectivity index (χ2v) is 7.79. The zero-order valence-electron chi connectivity index (χ0n) is 11.7. The Bertz CT molecular complexity index is 436. The highest BCUT2D eigenvalue weighted by Gasteiger charge is 2.44. The Morgan fingerprint density at radius 2 is 2.05 bits per heavy atom. The number of piperidine rings is 1. The van der Waals surface area contributed by atoms with Gasteiger partial charge in [0, 0.05) is 26.6 Å². The third-order valence-corrected chi connectivity index (χ3v) is 5.75. The molecule has 0 N–H and O–H groups in total. The first-order valence-corrected chi connectivity index (χ1v) is 8.76. The van der Waals surface area contributed by atoms with E-state index in [-0.39, 0.29) is 11.7 Å². The van der Waals surface area contributed by atoms with Crippen LogP contribution in [0.2, 0.25) is 0 Å². The summed E-state index contributed by atoms with van der Waals surface area (Å²) in [5, 5.41) is 0. The largest absolute Gasteiger partial charge is 0.370 e. The van der Waals surface area contributed by atoms with Crippen LogP contribution in [-0.4, -0.2) is 50.6 Å². The van der Waals surface area contributed by atoms with E-state index in [0.29, 0.717) is 19.5 Å². The van der Waals surface area contributed by atoms with Crippen LogP contribution in [0, 0.1) is 5.92 Å². The van der Waals surface area contributed by atoms with E-state index < -0.39 is 15.6 Å². The van der Waals surface area contributed by atoms with Crippen molar-refractivity contribution in [2.24, 2.45) is 5.92 Å². The molecule has 1 unspecified atom stereocenters. The van der Waals surface area contributed by atoms with E-state index >= 15 is 0 Å². The fourth-order valence-corrected chi connectivity index (χ4v) is 3.98. The predicted octanol–water partition coefficient (Wildman–Crippen LogP) is 1.19. The van der Waals surface area contributed by atoms with Gasteiger partial charge in [-0.1, -0.05) is 0 Å². The summed E-state index contributed by atoms with van der Waals surface area (Å²) in [5.74, 6) is 0.296. The summed E-state index contributed by atoms with van der Waals surface area (Å²) in [4.78, 5) is 12.3. The number of nitrogens with zero attached hydrogens (tertiary/aromatic N) is 1. The smallest absolute Gasteiger partial charge is 0.211 e. The van der Waals surface area contributed by atoms with Crippen LogP contribution in [0.15, 0.2) is 0 Å². The third-order valence-electron chi connectivity index (χ3n) is 4.48. The molecule has 1 saturated heterocycles. The van der Waals surface area contributed by atoms with Gasteiger partial charge in [0.05, 0.1) is 6.26 Å². The number of carbonyl (C=O) groups excluding carboxylic acids is 1. The van der Waals surface area contributed by atoms with Crippen LogP contribution >= 0.6 is 0 Å². The number of rotatable bonds is 5. The van der Waals surface area contributed by atoms with Crippen molar-refractivity contribution in [1.82, 2.24) is 4.31 Å². The van der Waals surface area contributed by atoms with E-state index in [1.54, 1.807) is 7.11 Å². The summed E-state index contributed by atoms with van der Waals surface area (Å²) in [5.41, 5.74) is -0.562. The number of hydrogen-bond acceptors (Lipinski definition) is 4. The molecule has 1 saturated carbocycles. The van der Waals surface area contributed by atoms with E-state index in [9.17, 15) is 13.2 Å². The molecular weight excluding hydrogens is 266 g/mol. The Kier molecular flexibility index (Phi) is 4.32. The van der Waals surface area contributed by atoms with Crippen LogP contribution in [-0.2, 0) is 19.6 Å². The lowest BCUT2D eigenvalue weighted by Crippen LogP contribution is -2.49. The fourth-order valence-electron chi connectivity index (χ4n) is 3.04. The van der Waals surface area contributed by atoms with Crippen molar-refractivity contribution in [3.05, 3.63) is 0 Å². The molecule has 0 spiro atoms. The second kappa shape index (κ2) is 5.50. The average Bonchev–Trinajstić information content (AvgIpc) is 2.27. The zero-order valence-corrected chi connectivity index (χ0v) is 12.5. The summed E-state index contributed by atoms with van der Waals surface area (Å²) in [6.07, 6.45) is 6.11. The molecule has 110 valence electrons. The molecule has 19 heavy (non-hydrogen) atoms. The lowest BCUT2D eigenvalue weighted by Gasteiger charge is -2.40. The maximum atomic E-state index is 12.3. The average molecular weight is 289 g/mol.